The summed E-state index contributed by atoms with van der Waals surface area (Å²) in [6, 6.07) is 6.93. The van der Waals surface area contributed by atoms with Gasteiger partial charge in [-0.05, 0) is 43.5 Å². The van der Waals surface area contributed by atoms with Crippen molar-refractivity contribution >= 4 is 26.8 Å². The first-order valence-corrected chi connectivity index (χ1v) is 9.08. The number of aromatic nitrogens is 1. The maximum Gasteiger partial charge on any atom is 0.242 e. The third-order valence-electron chi connectivity index (χ3n) is 3.96. The van der Waals surface area contributed by atoms with E-state index in [0.29, 0.717) is 31.3 Å². The molecule has 1 aliphatic rings. The maximum absolute atomic E-state index is 12.8. The molecule has 0 aliphatic carbocycles. The first-order chi connectivity index (χ1) is 11.0. The number of sulfonamides is 1. The summed E-state index contributed by atoms with van der Waals surface area (Å²) in [7, 11) is -3.69. The average Bonchev–Trinajstić information content (AvgIpc) is 2.70. The number of carbonyl (C=O) groups excluding carboxylic acids is 1. The molecule has 0 spiro atoms. The number of fused-ring (bicyclic) bond motifs is 1. The Balaban J connectivity index is 1.95. The lowest BCUT2D eigenvalue weighted by molar-refractivity contribution is -0.120. The van der Waals surface area contributed by atoms with Crippen LogP contribution in [0.25, 0.3) is 10.9 Å². The Bertz CT molecular complexity index is 849. The second-order valence-corrected chi connectivity index (χ2v) is 7.52. The molecule has 1 unspecified atom stereocenters. The Morgan fingerprint density at radius 2 is 2.13 bits per heavy atom. The molecule has 1 aromatic heterocycles. The summed E-state index contributed by atoms with van der Waals surface area (Å²) in [4.78, 5) is 15.8. The topological polar surface area (TPSA) is 88.2 Å². The molecular weight excluding hydrogens is 314 g/mol. The van der Waals surface area contributed by atoms with E-state index < -0.39 is 10.0 Å². The van der Waals surface area contributed by atoms with E-state index >= 15 is 0 Å². The number of amides is 1. The number of hydrogen-bond acceptors (Lipinski definition) is 4. The zero-order chi connectivity index (χ0) is 16.4. The van der Waals surface area contributed by atoms with Gasteiger partial charge in [-0.1, -0.05) is 6.07 Å². The molecule has 2 N–H and O–H groups in total. The van der Waals surface area contributed by atoms with Crippen LogP contribution in [0.5, 0.6) is 0 Å². The molecule has 6 nitrogen and oxygen atoms in total. The van der Waals surface area contributed by atoms with E-state index in [1.54, 1.807) is 18.3 Å². The summed E-state index contributed by atoms with van der Waals surface area (Å²) in [6.07, 6.45) is 3.01. The largest absolute Gasteiger partial charge is 0.356 e. The van der Waals surface area contributed by atoms with Gasteiger partial charge in [0.1, 0.15) is 4.90 Å². The number of aryl methyl sites for hydroxylation is 1. The molecule has 0 radical (unpaired) electrons. The van der Waals surface area contributed by atoms with Crippen LogP contribution < -0.4 is 10.0 Å². The van der Waals surface area contributed by atoms with Crippen molar-refractivity contribution in [1.82, 2.24) is 15.0 Å². The van der Waals surface area contributed by atoms with Gasteiger partial charge in [-0.2, -0.15) is 0 Å². The first-order valence-electron chi connectivity index (χ1n) is 7.60. The van der Waals surface area contributed by atoms with Gasteiger partial charge < -0.3 is 5.32 Å². The zero-order valence-corrected chi connectivity index (χ0v) is 13.7. The van der Waals surface area contributed by atoms with Gasteiger partial charge >= 0.3 is 0 Å². The van der Waals surface area contributed by atoms with Crippen LogP contribution in [0.4, 0.5) is 0 Å². The van der Waals surface area contributed by atoms with Crippen LogP contribution in [0.2, 0.25) is 0 Å². The summed E-state index contributed by atoms with van der Waals surface area (Å²) in [6.45, 7) is 2.35. The molecule has 0 saturated carbocycles. The maximum atomic E-state index is 12.8. The smallest absolute Gasteiger partial charge is 0.242 e. The van der Waals surface area contributed by atoms with E-state index in [4.69, 9.17) is 0 Å². The fourth-order valence-corrected chi connectivity index (χ4v) is 4.40. The van der Waals surface area contributed by atoms with Gasteiger partial charge in [0, 0.05) is 30.6 Å². The number of benzene rings is 1. The van der Waals surface area contributed by atoms with Crippen molar-refractivity contribution in [2.24, 2.45) is 0 Å². The predicted molar refractivity (Wildman–Crippen MR) is 87.5 cm³/mol. The monoisotopic (exact) mass is 333 g/mol. The molecular formula is C16H19N3O3S. The van der Waals surface area contributed by atoms with Crippen LogP contribution >= 0.6 is 0 Å². The lowest BCUT2D eigenvalue weighted by atomic mass is 10.1. The Hall–Kier alpha value is -1.99. The number of pyridine rings is 1. The van der Waals surface area contributed by atoms with Crippen LogP contribution in [-0.2, 0) is 14.8 Å². The van der Waals surface area contributed by atoms with Gasteiger partial charge in [0.15, 0.2) is 0 Å². The van der Waals surface area contributed by atoms with Gasteiger partial charge in [0.25, 0.3) is 0 Å². The molecule has 23 heavy (non-hydrogen) atoms. The molecule has 1 amide bonds. The molecule has 2 heterocycles. The summed E-state index contributed by atoms with van der Waals surface area (Å²) in [5.74, 6) is -0.0330. The van der Waals surface area contributed by atoms with E-state index in [2.05, 4.69) is 15.0 Å². The summed E-state index contributed by atoms with van der Waals surface area (Å²) >= 11 is 0. The second kappa shape index (κ2) is 6.25. The first kappa shape index (κ1) is 15.9. The molecule has 2 aromatic rings. The molecule has 1 aromatic carbocycles. The van der Waals surface area contributed by atoms with E-state index in [0.717, 1.165) is 10.9 Å². The number of hydrogen-bond donors (Lipinski definition) is 2. The van der Waals surface area contributed by atoms with Crippen LogP contribution in [0, 0.1) is 6.92 Å². The molecule has 1 saturated heterocycles. The summed E-state index contributed by atoms with van der Waals surface area (Å²) in [5.41, 5.74) is 1.33. The van der Waals surface area contributed by atoms with Gasteiger partial charge in [-0.3, -0.25) is 9.78 Å². The Labute approximate surface area is 135 Å². The van der Waals surface area contributed by atoms with Crippen molar-refractivity contribution in [3.8, 4) is 0 Å². The van der Waals surface area contributed by atoms with Crippen molar-refractivity contribution in [3.63, 3.8) is 0 Å². The van der Waals surface area contributed by atoms with Crippen molar-refractivity contribution < 1.29 is 13.2 Å². The molecule has 0 bridgehead atoms. The number of carbonyl (C=O) groups is 1. The summed E-state index contributed by atoms with van der Waals surface area (Å²) in [5, 5.41) is 3.55. The number of nitrogens with one attached hydrogen (secondary N) is 2. The third kappa shape index (κ3) is 3.51. The quantitative estimate of drug-likeness (QED) is 0.891. The minimum atomic E-state index is -3.69. The predicted octanol–water partition coefficient (Wildman–Crippen LogP) is 1.49. The average molecular weight is 333 g/mol. The van der Waals surface area contributed by atoms with E-state index in [9.17, 15) is 13.2 Å². The summed E-state index contributed by atoms with van der Waals surface area (Å²) < 4.78 is 28.3. The SMILES string of the molecule is Cc1cc(S(=O)(=O)NC2CCNC(=O)CC2)c2ncccc2c1. The van der Waals surface area contributed by atoms with Crippen LogP contribution in [0.3, 0.4) is 0 Å². The molecule has 7 heteroatoms. The lowest BCUT2D eigenvalue weighted by Crippen LogP contribution is -2.35. The molecule has 3 rings (SSSR count). The lowest BCUT2D eigenvalue weighted by Gasteiger charge is -2.17. The fourth-order valence-electron chi connectivity index (χ4n) is 2.83. The van der Waals surface area contributed by atoms with Gasteiger partial charge in [-0.25, -0.2) is 13.1 Å². The standard InChI is InChI=1S/C16H19N3O3S/c1-11-9-12-3-2-7-18-16(12)14(10-11)23(21,22)19-13-4-5-15(20)17-8-6-13/h2-3,7,9-10,13,19H,4-6,8H2,1H3,(H,17,20). The van der Waals surface area contributed by atoms with E-state index in [1.807, 2.05) is 19.1 Å². The highest BCUT2D eigenvalue weighted by Gasteiger charge is 2.25. The van der Waals surface area contributed by atoms with Crippen LogP contribution in [0.15, 0.2) is 35.4 Å². The Morgan fingerprint density at radius 3 is 2.96 bits per heavy atom. The Kier molecular flexibility index (Phi) is 4.32. The molecule has 122 valence electrons. The number of nitrogens with zero attached hydrogens (tertiary/aromatic N) is 1. The van der Waals surface area contributed by atoms with Gasteiger partial charge in [0.2, 0.25) is 15.9 Å². The Morgan fingerprint density at radius 1 is 1.30 bits per heavy atom. The highest BCUT2D eigenvalue weighted by Crippen LogP contribution is 2.23. The second-order valence-electron chi connectivity index (χ2n) is 5.83. The van der Waals surface area contributed by atoms with Crippen molar-refractivity contribution in [3.05, 3.63) is 36.0 Å². The molecule has 1 atom stereocenters. The van der Waals surface area contributed by atoms with Gasteiger partial charge in [-0.15, -0.1) is 0 Å². The van der Waals surface area contributed by atoms with E-state index in [1.165, 1.54) is 0 Å². The highest BCUT2D eigenvalue weighted by atomic mass is 32.2. The third-order valence-corrected chi connectivity index (χ3v) is 5.49. The van der Waals surface area contributed by atoms with Crippen molar-refractivity contribution in [1.29, 1.82) is 0 Å². The van der Waals surface area contributed by atoms with Crippen molar-refractivity contribution in [2.45, 2.75) is 37.1 Å². The van der Waals surface area contributed by atoms with Crippen LogP contribution in [-0.4, -0.2) is 31.9 Å². The minimum Gasteiger partial charge on any atom is -0.356 e. The molecule has 1 fully saturated rings. The molecule has 1 aliphatic heterocycles. The van der Waals surface area contributed by atoms with E-state index in [-0.39, 0.29) is 16.8 Å². The number of rotatable bonds is 3. The highest BCUT2D eigenvalue weighted by molar-refractivity contribution is 7.89. The fraction of sp³-hybridized carbons (Fsp3) is 0.375. The normalized spacial score (nSPS) is 19.3. The van der Waals surface area contributed by atoms with Crippen LogP contribution in [0.1, 0.15) is 24.8 Å². The zero-order valence-electron chi connectivity index (χ0n) is 12.9. The minimum absolute atomic E-state index is 0.0330. The van der Waals surface area contributed by atoms with Crippen molar-refractivity contribution in [2.75, 3.05) is 6.54 Å². The van der Waals surface area contributed by atoms with Gasteiger partial charge in [0.05, 0.1) is 5.52 Å².